The second-order valence-corrected chi connectivity index (χ2v) is 7.99. The van der Waals surface area contributed by atoms with Crippen LogP contribution in [0.2, 0.25) is 0 Å². The average molecular weight is 364 g/mol. The number of fused-ring (bicyclic) bond motifs is 1. The van der Waals surface area contributed by atoms with Crippen LogP contribution in [0, 0.1) is 6.92 Å². The number of rotatable bonds is 4. The fourth-order valence-corrected chi connectivity index (χ4v) is 4.21. The molecule has 1 heteroatoms. The molecule has 1 fully saturated rings. The van der Waals surface area contributed by atoms with Crippen LogP contribution < -0.4 is 0 Å². The highest BCUT2D eigenvalue weighted by Gasteiger charge is 2.24. The van der Waals surface area contributed by atoms with Crippen LogP contribution >= 0.6 is 0 Å². The van der Waals surface area contributed by atoms with Gasteiger partial charge in [-0.05, 0) is 72.6 Å². The van der Waals surface area contributed by atoms with Gasteiger partial charge in [-0.15, -0.1) is 0 Å². The molecule has 0 spiro atoms. The third-order valence-electron chi connectivity index (χ3n) is 5.88. The molecule has 0 radical (unpaired) electrons. The van der Waals surface area contributed by atoms with Crippen LogP contribution in [0.1, 0.15) is 42.4 Å². The van der Waals surface area contributed by atoms with Gasteiger partial charge in [-0.2, -0.15) is 0 Å². The lowest BCUT2D eigenvalue weighted by atomic mass is 9.90. The van der Waals surface area contributed by atoms with Crippen molar-refractivity contribution in [2.45, 2.75) is 39.0 Å². The summed E-state index contributed by atoms with van der Waals surface area (Å²) in [5.74, 6) is 0.763. The molecule has 0 N–H and O–H groups in total. The molecule has 1 aromatic heterocycles. The molecule has 1 aliphatic rings. The predicted octanol–water partition coefficient (Wildman–Crippen LogP) is 7.32. The van der Waals surface area contributed by atoms with E-state index in [-0.39, 0.29) is 0 Å². The van der Waals surface area contributed by atoms with Crippen LogP contribution in [0.5, 0.6) is 0 Å². The molecule has 5 rings (SSSR count). The number of aromatic nitrogens is 1. The summed E-state index contributed by atoms with van der Waals surface area (Å²) in [5.41, 5.74) is 10.1. The van der Waals surface area contributed by atoms with Crippen molar-refractivity contribution >= 4 is 10.9 Å². The fourth-order valence-electron chi connectivity index (χ4n) is 4.21. The summed E-state index contributed by atoms with van der Waals surface area (Å²) in [6, 6.07) is 26.7. The molecule has 28 heavy (non-hydrogen) atoms. The van der Waals surface area contributed by atoms with E-state index in [4.69, 9.17) is 4.98 Å². The van der Waals surface area contributed by atoms with E-state index < -0.39 is 0 Å². The Labute approximate surface area is 167 Å². The molecule has 1 aliphatic carbocycles. The Morgan fingerprint density at radius 3 is 2.57 bits per heavy atom. The smallest absolute Gasteiger partial charge is 0.0716 e. The van der Waals surface area contributed by atoms with E-state index in [0.29, 0.717) is 0 Å². The third kappa shape index (κ3) is 3.11. The summed E-state index contributed by atoms with van der Waals surface area (Å²) in [4.78, 5) is 5.02. The Hall–Kier alpha value is -2.93. The van der Waals surface area contributed by atoms with Gasteiger partial charge in [-0.1, -0.05) is 67.1 Å². The second kappa shape index (κ2) is 6.91. The highest BCUT2D eigenvalue weighted by atomic mass is 14.7. The predicted molar refractivity (Wildman–Crippen MR) is 119 cm³/mol. The zero-order valence-electron chi connectivity index (χ0n) is 16.6. The Morgan fingerprint density at radius 2 is 1.75 bits per heavy atom. The summed E-state index contributed by atoms with van der Waals surface area (Å²) in [6.45, 7) is 4.37. The topological polar surface area (TPSA) is 12.9 Å². The molecule has 0 aliphatic heterocycles. The van der Waals surface area contributed by atoms with Crippen molar-refractivity contribution < 1.29 is 0 Å². The van der Waals surface area contributed by atoms with Gasteiger partial charge in [0.2, 0.25) is 0 Å². The molecule has 1 saturated carbocycles. The number of aryl methyl sites for hydroxylation is 2. The number of nitrogens with zero attached hydrogens (tertiary/aromatic N) is 1. The highest BCUT2D eigenvalue weighted by molar-refractivity contribution is 5.88. The van der Waals surface area contributed by atoms with Crippen molar-refractivity contribution in [2.24, 2.45) is 0 Å². The van der Waals surface area contributed by atoms with Crippen LogP contribution in [0.25, 0.3) is 33.3 Å². The van der Waals surface area contributed by atoms with Gasteiger partial charge in [0.05, 0.1) is 11.2 Å². The summed E-state index contributed by atoms with van der Waals surface area (Å²) >= 11 is 0. The molecular formula is C27H25N. The van der Waals surface area contributed by atoms with E-state index in [1.807, 2.05) is 0 Å². The van der Waals surface area contributed by atoms with Crippen molar-refractivity contribution in [3.8, 4) is 22.4 Å². The largest absolute Gasteiger partial charge is 0.248 e. The molecule has 138 valence electrons. The van der Waals surface area contributed by atoms with Crippen LogP contribution in [0.15, 0.2) is 72.8 Å². The van der Waals surface area contributed by atoms with Gasteiger partial charge in [0, 0.05) is 10.9 Å². The molecule has 0 bridgehead atoms. The quantitative estimate of drug-likeness (QED) is 0.370. The first-order chi connectivity index (χ1) is 13.7. The lowest BCUT2D eigenvalue weighted by Crippen LogP contribution is -1.95. The Kier molecular flexibility index (Phi) is 4.24. The van der Waals surface area contributed by atoms with Crippen molar-refractivity contribution in [3.05, 3.63) is 89.5 Å². The number of hydrogen-bond donors (Lipinski definition) is 0. The van der Waals surface area contributed by atoms with Gasteiger partial charge in [0.1, 0.15) is 0 Å². The minimum atomic E-state index is 0.763. The van der Waals surface area contributed by atoms with Crippen LogP contribution in [-0.2, 0) is 6.42 Å². The molecule has 0 saturated heterocycles. The zero-order chi connectivity index (χ0) is 19.1. The first-order valence-electron chi connectivity index (χ1n) is 10.3. The van der Waals surface area contributed by atoms with Crippen LogP contribution in [-0.4, -0.2) is 4.98 Å². The Morgan fingerprint density at radius 1 is 0.893 bits per heavy atom. The van der Waals surface area contributed by atoms with Crippen molar-refractivity contribution in [3.63, 3.8) is 0 Å². The maximum Gasteiger partial charge on any atom is 0.0716 e. The maximum absolute atomic E-state index is 5.02. The van der Waals surface area contributed by atoms with E-state index in [2.05, 4.69) is 86.6 Å². The highest BCUT2D eigenvalue weighted by Crippen LogP contribution is 2.42. The van der Waals surface area contributed by atoms with Gasteiger partial charge in [0.15, 0.2) is 0 Å². The molecule has 0 amide bonds. The van der Waals surface area contributed by atoms with Gasteiger partial charge in [-0.25, -0.2) is 4.98 Å². The minimum Gasteiger partial charge on any atom is -0.248 e. The summed E-state index contributed by atoms with van der Waals surface area (Å²) in [6.07, 6.45) is 3.68. The summed E-state index contributed by atoms with van der Waals surface area (Å²) in [5, 5.41) is 1.20. The minimum absolute atomic E-state index is 0.763. The van der Waals surface area contributed by atoms with Gasteiger partial charge >= 0.3 is 0 Å². The first-order valence-corrected chi connectivity index (χ1v) is 10.3. The molecule has 4 aromatic rings. The summed E-state index contributed by atoms with van der Waals surface area (Å²) < 4.78 is 0. The van der Waals surface area contributed by atoms with Gasteiger partial charge in [-0.3, -0.25) is 0 Å². The average Bonchev–Trinajstić information content (AvgIpc) is 3.58. The first kappa shape index (κ1) is 17.2. The lowest BCUT2D eigenvalue weighted by molar-refractivity contribution is 1.12. The van der Waals surface area contributed by atoms with Crippen molar-refractivity contribution in [1.82, 2.24) is 4.98 Å². The monoisotopic (exact) mass is 363 g/mol. The van der Waals surface area contributed by atoms with Gasteiger partial charge < -0.3 is 0 Å². The van der Waals surface area contributed by atoms with Crippen LogP contribution in [0.4, 0.5) is 0 Å². The normalized spacial score (nSPS) is 13.8. The standard InChI is InChI=1S/C27H25N/c1-3-19-6-5-9-24(26-15-13-22-16-18(2)10-14-25(22)28-26)27(19)23-8-4-7-21(17-23)20-11-12-20/h4-10,13-17,20H,3,11-12H2,1-2H3. The fraction of sp³-hybridized carbons (Fsp3) is 0.222. The van der Waals surface area contributed by atoms with Crippen molar-refractivity contribution in [1.29, 1.82) is 0 Å². The Bertz CT molecular complexity index is 1170. The molecule has 1 heterocycles. The number of pyridine rings is 1. The molecule has 1 nitrogen and oxygen atoms in total. The van der Waals surface area contributed by atoms with E-state index in [0.717, 1.165) is 23.5 Å². The second-order valence-electron chi connectivity index (χ2n) is 7.99. The van der Waals surface area contributed by atoms with Crippen molar-refractivity contribution in [2.75, 3.05) is 0 Å². The lowest BCUT2D eigenvalue weighted by Gasteiger charge is -2.16. The van der Waals surface area contributed by atoms with E-state index in [9.17, 15) is 0 Å². The molecule has 3 aromatic carbocycles. The molecule has 0 unspecified atom stereocenters. The van der Waals surface area contributed by atoms with E-state index in [1.165, 1.54) is 51.6 Å². The molecule has 0 atom stereocenters. The summed E-state index contributed by atoms with van der Waals surface area (Å²) in [7, 11) is 0. The van der Waals surface area contributed by atoms with E-state index >= 15 is 0 Å². The molecular weight excluding hydrogens is 338 g/mol. The zero-order valence-corrected chi connectivity index (χ0v) is 16.6. The maximum atomic E-state index is 5.02. The number of hydrogen-bond acceptors (Lipinski definition) is 1. The third-order valence-corrected chi connectivity index (χ3v) is 5.88. The number of benzene rings is 3. The van der Waals surface area contributed by atoms with Crippen LogP contribution in [0.3, 0.4) is 0 Å². The van der Waals surface area contributed by atoms with E-state index in [1.54, 1.807) is 0 Å². The SMILES string of the molecule is CCc1cccc(-c2ccc3cc(C)ccc3n2)c1-c1cccc(C2CC2)c1. The Balaban J connectivity index is 1.70. The van der Waals surface area contributed by atoms with Gasteiger partial charge in [0.25, 0.3) is 0 Å².